The molecule has 2 heterocycles. The number of hydrogen-bond donors (Lipinski definition) is 0. The predicted octanol–water partition coefficient (Wildman–Crippen LogP) is 2.06. The van der Waals surface area contributed by atoms with E-state index >= 15 is 0 Å². The molecule has 1 aliphatic heterocycles. The van der Waals surface area contributed by atoms with Crippen LogP contribution in [0.3, 0.4) is 0 Å². The van der Waals surface area contributed by atoms with Crippen molar-refractivity contribution in [1.29, 1.82) is 0 Å². The summed E-state index contributed by atoms with van der Waals surface area (Å²) in [7, 11) is 0. The fourth-order valence-electron chi connectivity index (χ4n) is 1.95. The molecule has 0 unspecified atom stereocenters. The van der Waals surface area contributed by atoms with Crippen LogP contribution in [0.4, 0.5) is 4.79 Å². The molecular weight excluding hydrogens is 218 g/mol. The minimum absolute atomic E-state index is 0.229. The number of ether oxygens (including phenoxy) is 1. The lowest BCUT2D eigenvalue weighted by Gasteiger charge is -2.24. The standard InChI is InChI=1S/C12H19N3O2/c1-12(2,3)17-11(16)14-8-5-10(9-14)15-7-4-6-13-15/h4,6-7,10H,5,8-9H2,1-3H3/t10-/m0/s1. The van der Waals surface area contributed by atoms with Crippen molar-refractivity contribution in [2.24, 2.45) is 0 Å². The average Bonchev–Trinajstić information content (AvgIpc) is 2.86. The molecule has 1 amide bonds. The van der Waals surface area contributed by atoms with Gasteiger partial charge in [-0.3, -0.25) is 4.68 Å². The maximum Gasteiger partial charge on any atom is 0.410 e. The van der Waals surface area contributed by atoms with Gasteiger partial charge in [-0.05, 0) is 33.3 Å². The third kappa shape index (κ3) is 2.99. The first-order chi connectivity index (χ1) is 7.96. The summed E-state index contributed by atoms with van der Waals surface area (Å²) in [5.74, 6) is 0. The molecular formula is C12H19N3O2. The third-order valence-corrected chi connectivity index (χ3v) is 2.71. The molecule has 0 bridgehead atoms. The van der Waals surface area contributed by atoms with Gasteiger partial charge in [0.25, 0.3) is 0 Å². The maximum absolute atomic E-state index is 11.9. The van der Waals surface area contributed by atoms with Crippen molar-refractivity contribution in [1.82, 2.24) is 14.7 Å². The highest BCUT2D eigenvalue weighted by Gasteiger charge is 2.30. The Hall–Kier alpha value is -1.52. The second-order valence-electron chi connectivity index (χ2n) is 5.35. The van der Waals surface area contributed by atoms with Crippen molar-refractivity contribution in [2.75, 3.05) is 13.1 Å². The number of carbonyl (C=O) groups is 1. The van der Waals surface area contributed by atoms with Crippen LogP contribution >= 0.6 is 0 Å². The molecule has 2 rings (SSSR count). The van der Waals surface area contributed by atoms with Crippen LogP contribution in [0, 0.1) is 0 Å². The van der Waals surface area contributed by atoms with Gasteiger partial charge in [-0.1, -0.05) is 0 Å². The van der Waals surface area contributed by atoms with Gasteiger partial charge in [0.2, 0.25) is 0 Å². The van der Waals surface area contributed by atoms with E-state index in [1.165, 1.54) is 0 Å². The third-order valence-electron chi connectivity index (χ3n) is 2.71. The fourth-order valence-corrected chi connectivity index (χ4v) is 1.95. The van der Waals surface area contributed by atoms with Crippen LogP contribution in [0.5, 0.6) is 0 Å². The Labute approximate surface area is 101 Å². The van der Waals surface area contributed by atoms with E-state index in [4.69, 9.17) is 4.74 Å². The molecule has 1 aromatic rings. The quantitative estimate of drug-likeness (QED) is 0.751. The van der Waals surface area contributed by atoms with E-state index in [1.54, 1.807) is 11.1 Å². The van der Waals surface area contributed by atoms with Crippen LogP contribution in [0.2, 0.25) is 0 Å². The monoisotopic (exact) mass is 237 g/mol. The van der Waals surface area contributed by atoms with Crippen LogP contribution in [-0.2, 0) is 4.74 Å². The van der Waals surface area contributed by atoms with E-state index in [0.29, 0.717) is 6.54 Å². The normalized spacial score (nSPS) is 20.6. The molecule has 5 nitrogen and oxygen atoms in total. The molecule has 0 spiro atoms. The van der Waals surface area contributed by atoms with Crippen molar-refractivity contribution < 1.29 is 9.53 Å². The number of hydrogen-bond acceptors (Lipinski definition) is 3. The van der Waals surface area contributed by atoms with Gasteiger partial charge in [-0.25, -0.2) is 4.79 Å². The molecule has 0 aromatic carbocycles. The van der Waals surface area contributed by atoms with E-state index in [1.807, 2.05) is 37.7 Å². The molecule has 5 heteroatoms. The van der Waals surface area contributed by atoms with Gasteiger partial charge in [0.05, 0.1) is 6.04 Å². The highest BCUT2D eigenvalue weighted by molar-refractivity contribution is 5.68. The zero-order valence-electron chi connectivity index (χ0n) is 10.6. The molecule has 0 aliphatic carbocycles. The fraction of sp³-hybridized carbons (Fsp3) is 0.667. The van der Waals surface area contributed by atoms with Gasteiger partial charge < -0.3 is 9.64 Å². The average molecular weight is 237 g/mol. The molecule has 1 atom stereocenters. The first kappa shape index (κ1) is 12.0. The molecule has 0 saturated carbocycles. The largest absolute Gasteiger partial charge is 0.444 e. The zero-order valence-corrected chi connectivity index (χ0v) is 10.6. The van der Waals surface area contributed by atoms with Gasteiger partial charge in [0, 0.05) is 25.5 Å². The summed E-state index contributed by atoms with van der Waals surface area (Å²) in [6.07, 6.45) is 4.40. The molecule has 0 radical (unpaired) electrons. The van der Waals surface area contributed by atoms with E-state index in [0.717, 1.165) is 13.0 Å². The summed E-state index contributed by atoms with van der Waals surface area (Å²) >= 11 is 0. The Morgan fingerprint density at radius 2 is 2.24 bits per heavy atom. The topological polar surface area (TPSA) is 47.4 Å². The molecule has 94 valence electrons. The van der Waals surface area contributed by atoms with Crippen molar-refractivity contribution in [3.05, 3.63) is 18.5 Å². The first-order valence-electron chi connectivity index (χ1n) is 5.93. The highest BCUT2D eigenvalue weighted by atomic mass is 16.6. The number of nitrogens with zero attached hydrogens (tertiary/aromatic N) is 3. The van der Waals surface area contributed by atoms with Crippen molar-refractivity contribution in [3.8, 4) is 0 Å². The lowest BCUT2D eigenvalue weighted by atomic mass is 10.2. The highest BCUT2D eigenvalue weighted by Crippen LogP contribution is 2.22. The van der Waals surface area contributed by atoms with E-state index in [2.05, 4.69) is 5.10 Å². The van der Waals surface area contributed by atoms with Crippen LogP contribution in [0.25, 0.3) is 0 Å². The Morgan fingerprint density at radius 1 is 1.47 bits per heavy atom. The lowest BCUT2D eigenvalue weighted by Crippen LogP contribution is -2.35. The molecule has 1 aromatic heterocycles. The zero-order chi connectivity index (χ0) is 12.5. The van der Waals surface area contributed by atoms with E-state index < -0.39 is 5.60 Å². The van der Waals surface area contributed by atoms with Gasteiger partial charge in [-0.15, -0.1) is 0 Å². The number of rotatable bonds is 1. The number of carbonyl (C=O) groups excluding carboxylic acids is 1. The summed E-state index contributed by atoms with van der Waals surface area (Å²) < 4.78 is 7.25. The summed E-state index contributed by atoms with van der Waals surface area (Å²) in [4.78, 5) is 13.6. The first-order valence-corrected chi connectivity index (χ1v) is 5.93. The number of amides is 1. The van der Waals surface area contributed by atoms with E-state index in [-0.39, 0.29) is 12.1 Å². The van der Waals surface area contributed by atoms with Gasteiger partial charge in [0.15, 0.2) is 0 Å². The molecule has 17 heavy (non-hydrogen) atoms. The van der Waals surface area contributed by atoms with Crippen LogP contribution in [0.15, 0.2) is 18.5 Å². The van der Waals surface area contributed by atoms with Crippen molar-refractivity contribution in [3.63, 3.8) is 0 Å². The minimum atomic E-state index is -0.430. The Bertz CT molecular complexity index is 381. The van der Waals surface area contributed by atoms with Gasteiger partial charge in [-0.2, -0.15) is 5.10 Å². The van der Waals surface area contributed by atoms with Gasteiger partial charge in [0.1, 0.15) is 5.60 Å². The molecule has 1 aliphatic rings. The Morgan fingerprint density at radius 3 is 2.82 bits per heavy atom. The van der Waals surface area contributed by atoms with Crippen LogP contribution in [-0.4, -0.2) is 39.5 Å². The van der Waals surface area contributed by atoms with E-state index in [9.17, 15) is 4.79 Å². The summed E-state index contributed by atoms with van der Waals surface area (Å²) in [5.41, 5.74) is -0.430. The number of likely N-dealkylation sites (tertiary alicyclic amines) is 1. The smallest absolute Gasteiger partial charge is 0.410 e. The van der Waals surface area contributed by atoms with Crippen molar-refractivity contribution >= 4 is 6.09 Å². The maximum atomic E-state index is 11.9. The molecule has 1 fully saturated rings. The lowest BCUT2D eigenvalue weighted by molar-refractivity contribution is 0.0288. The SMILES string of the molecule is CC(C)(C)OC(=O)N1CC[C@H](n2cccn2)C1. The van der Waals surface area contributed by atoms with Gasteiger partial charge >= 0.3 is 6.09 Å². The Kier molecular flexibility index (Phi) is 3.09. The minimum Gasteiger partial charge on any atom is -0.444 e. The van der Waals surface area contributed by atoms with Crippen LogP contribution in [0.1, 0.15) is 33.2 Å². The second-order valence-corrected chi connectivity index (χ2v) is 5.35. The van der Waals surface area contributed by atoms with Crippen LogP contribution < -0.4 is 0 Å². The summed E-state index contributed by atoms with van der Waals surface area (Å²) in [5, 5.41) is 4.20. The molecule has 0 N–H and O–H groups in total. The second kappa shape index (κ2) is 4.39. The van der Waals surface area contributed by atoms with Crippen molar-refractivity contribution in [2.45, 2.75) is 38.8 Å². The summed E-state index contributed by atoms with van der Waals surface area (Å²) in [6, 6.07) is 2.17. The number of aromatic nitrogens is 2. The summed E-state index contributed by atoms with van der Waals surface area (Å²) in [6.45, 7) is 7.06. The predicted molar refractivity (Wildman–Crippen MR) is 63.7 cm³/mol. The molecule has 1 saturated heterocycles. The Balaban J connectivity index is 1.92.